The maximum atomic E-state index is 13.6. The Morgan fingerprint density at radius 2 is 1.88 bits per heavy atom. The number of hydrogen-bond donors (Lipinski definition) is 0. The Morgan fingerprint density at radius 3 is 2.40 bits per heavy atom. The zero-order valence-electron chi connectivity index (χ0n) is 15.3. The maximum Gasteiger partial charge on any atom is 0.351 e. The molecule has 0 aliphatic heterocycles. The normalized spacial score (nSPS) is 24.0. The second-order valence-corrected chi connectivity index (χ2v) is 8.44. The molecular weight excluding hydrogens is 326 g/mol. The maximum absolute atomic E-state index is 13.6. The lowest BCUT2D eigenvalue weighted by atomic mass is 9.95. The van der Waals surface area contributed by atoms with E-state index in [0.29, 0.717) is 25.0 Å². The predicted molar refractivity (Wildman–Crippen MR) is 91.2 cm³/mol. The number of carbonyl (C=O) groups excluding carboxylic acids is 1. The predicted octanol–water partition coefficient (Wildman–Crippen LogP) is 5.15. The molecule has 5 heteroatoms. The van der Waals surface area contributed by atoms with Crippen molar-refractivity contribution in [1.82, 2.24) is 0 Å². The van der Waals surface area contributed by atoms with Gasteiger partial charge in [-0.25, -0.2) is 13.6 Å². The fourth-order valence-corrected chi connectivity index (χ4v) is 3.33. The van der Waals surface area contributed by atoms with E-state index in [9.17, 15) is 13.6 Å². The van der Waals surface area contributed by atoms with Crippen LogP contribution in [0.25, 0.3) is 0 Å². The zero-order valence-corrected chi connectivity index (χ0v) is 15.3. The van der Waals surface area contributed by atoms with Crippen LogP contribution < -0.4 is 4.74 Å². The standard InChI is InChI=1S/C20H26F2O3/c1-13-5-6-15(14-7-8-20(21,22)12-14)16(11-13)24-19(9-10-19)17(23)25-18(2,3)4/h5-6,11,14H,7-10,12H2,1-4H3. The monoisotopic (exact) mass is 352 g/mol. The topological polar surface area (TPSA) is 35.5 Å². The molecule has 0 aromatic heterocycles. The molecule has 138 valence electrons. The summed E-state index contributed by atoms with van der Waals surface area (Å²) in [7, 11) is 0. The third-order valence-electron chi connectivity index (χ3n) is 4.79. The molecule has 2 aliphatic carbocycles. The van der Waals surface area contributed by atoms with Crippen LogP contribution in [-0.4, -0.2) is 23.1 Å². The van der Waals surface area contributed by atoms with Gasteiger partial charge in [0.1, 0.15) is 11.4 Å². The van der Waals surface area contributed by atoms with E-state index in [1.54, 1.807) is 0 Å². The average molecular weight is 352 g/mol. The van der Waals surface area contributed by atoms with Crippen LogP contribution in [0.1, 0.15) is 69.9 Å². The van der Waals surface area contributed by atoms with Gasteiger partial charge in [-0.05, 0) is 57.2 Å². The Balaban J connectivity index is 1.83. The molecule has 0 N–H and O–H groups in total. The van der Waals surface area contributed by atoms with E-state index in [4.69, 9.17) is 9.47 Å². The molecular formula is C20H26F2O3. The minimum Gasteiger partial charge on any atom is -0.475 e. The van der Waals surface area contributed by atoms with Crippen LogP contribution in [0.15, 0.2) is 18.2 Å². The summed E-state index contributed by atoms with van der Waals surface area (Å²) in [6.45, 7) is 7.38. The van der Waals surface area contributed by atoms with Gasteiger partial charge >= 0.3 is 5.97 Å². The Bertz CT molecular complexity index is 672. The highest BCUT2D eigenvalue weighted by molar-refractivity contribution is 5.83. The van der Waals surface area contributed by atoms with Gasteiger partial charge < -0.3 is 9.47 Å². The fraction of sp³-hybridized carbons (Fsp3) is 0.650. The van der Waals surface area contributed by atoms with Crippen molar-refractivity contribution in [2.24, 2.45) is 0 Å². The van der Waals surface area contributed by atoms with Gasteiger partial charge in [0.15, 0.2) is 0 Å². The second-order valence-electron chi connectivity index (χ2n) is 8.44. The highest BCUT2D eigenvalue weighted by atomic mass is 19.3. The third-order valence-corrected chi connectivity index (χ3v) is 4.79. The molecule has 3 rings (SSSR count). The first-order valence-corrected chi connectivity index (χ1v) is 8.91. The summed E-state index contributed by atoms with van der Waals surface area (Å²) in [5.74, 6) is -2.68. The van der Waals surface area contributed by atoms with Crippen LogP contribution in [0.3, 0.4) is 0 Å². The SMILES string of the molecule is Cc1ccc(C2CCC(F)(F)C2)c(OC2(C(=O)OC(C)(C)C)CC2)c1. The van der Waals surface area contributed by atoms with Crippen molar-refractivity contribution >= 4 is 5.97 Å². The van der Waals surface area contributed by atoms with Crippen molar-refractivity contribution in [3.8, 4) is 5.75 Å². The van der Waals surface area contributed by atoms with Crippen LogP contribution in [0, 0.1) is 6.92 Å². The average Bonchev–Trinajstić information content (AvgIpc) is 3.15. The first-order chi connectivity index (χ1) is 11.5. The summed E-state index contributed by atoms with van der Waals surface area (Å²) < 4.78 is 38.9. The van der Waals surface area contributed by atoms with Crippen molar-refractivity contribution < 1.29 is 23.0 Å². The number of rotatable bonds is 4. The van der Waals surface area contributed by atoms with E-state index in [-0.39, 0.29) is 24.7 Å². The lowest BCUT2D eigenvalue weighted by molar-refractivity contribution is -0.165. The summed E-state index contributed by atoms with van der Waals surface area (Å²) in [6.07, 6.45) is 1.37. The Morgan fingerprint density at radius 1 is 1.20 bits per heavy atom. The van der Waals surface area contributed by atoms with Gasteiger partial charge in [-0.1, -0.05) is 12.1 Å². The summed E-state index contributed by atoms with van der Waals surface area (Å²) >= 11 is 0. The number of hydrogen-bond acceptors (Lipinski definition) is 3. The fourth-order valence-electron chi connectivity index (χ4n) is 3.33. The van der Waals surface area contributed by atoms with Crippen molar-refractivity contribution in [2.45, 2.75) is 82.8 Å². The Labute approximate surface area is 147 Å². The lowest BCUT2D eigenvalue weighted by Crippen LogP contribution is -2.37. The van der Waals surface area contributed by atoms with Crippen LogP contribution in [0.5, 0.6) is 5.75 Å². The minimum atomic E-state index is -2.62. The van der Waals surface area contributed by atoms with E-state index in [1.165, 1.54) is 0 Å². The van der Waals surface area contributed by atoms with Gasteiger partial charge in [0, 0.05) is 25.7 Å². The molecule has 0 radical (unpaired) electrons. The largest absolute Gasteiger partial charge is 0.475 e. The molecule has 2 aliphatic rings. The Hall–Kier alpha value is -1.65. The van der Waals surface area contributed by atoms with Gasteiger partial charge in [-0.3, -0.25) is 0 Å². The molecule has 1 atom stereocenters. The highest BCUT2D eigenvalue weighted by Crippen LogP contribution is 2.49. The van der Waals surface area contributed by atoms with E-state index in [0.717, 1.165) is 11.1 Å². The summed E-state index contributed by atoms with van der Waals surface area (Å²) in [6, 6.07) is 5.61. The number of ether oxygens (including phenoxy) is 2. The first-order valence-electron chi connectivity index (χ1n) is 8.91. The molecule has 2 fully saturated rings. The van der Waals surface area contributed by atoms with Crippen molar-refractivity contribution in [2.75, 3.05) is 0 Å². The molecule has 1 aromatic rings. The first kappa shape index (κ1) is 18.2. The molecule has 0 spiro atoms. The van der Waals surface area contributed by atoms with Crippen LogP contribution in [0.4, 0.5) is 8.78 Å². The van der Waals surface area contributed by atoms with Crippen LogP contribution >= 0.6 is 0 Å². The highest BCUT2D eigenvalue weighted by Gasteiger charge is 2.56. The quantitative estimate of drug-likeness (QED) is 0.703. The third kappa shape index (κ3) is 4.13. The van der Waals surface area contributed by atoms with Crippen molar-refractivity contribution in [3.05, 3.63) is 29.3 Å². The Kier molecular flexibility index (Phi) is 4.33. The molecule has 0 bridgehead atoms. The molecule has 0 saturated heterocycles. The van der Waals surface area contributed by atoms with Gasteiger partial charge in [-0.15, -0.1) is 0 Å². The van der Waals surface area contributed by atoms with E-state index >= 15 is 0 Å². The van der Waals surface area contributed by atoms with E-state index in [2.05, 4.69) is 0 Å². The van der Waals surface area contributed by atoms with E-state index < -0.39 is 17.1 Å². The van der Waals surface area contributed by atoms with Crippen LogP contribution in [0.2, 0.25) is 0 Å². The molecule has 1 unspecified atom stereocenters. The van der Waals surface area contributed by atoms with Gasteiger partial charge in [0.25, 0.3) is 0 Å². The summed E-state index contributed by atoms with van der Waals surface area (Å²) in [5, 5.41) is 0. The van der Waals surface area contributed by atoms with Gasteiger partial charge in [-0.2, -0.15) is 0 Å². The lowest BCUT2D eigenvalue weighted by Gasteiger charge is -2.26. The minimum absolute atomic E-state index is 0.0950. The summed E-state index contributed by atoms with van der Waals surface area (Å²) in [5.41, 5.74) is 0.205. The number of esters is 1. The van der Waals surface area contributed by atoms with Gasteiger partial charge in [0.05, 0.1) is 0 Å². The number of benzene rings is 1. The molecule has 1 aromatic carbocycles. The smallest absolute Gasteiger partial charge is 0.351 e. The van der Waals surface area contributed by atoms with E-state index in [1.807, 2.05) is 45.9 Å². The molecule has 3 nitrogen and oxygen atoms in total. The number of carbonyl (C=O) groups is 1. The molecule has 0 amide bonds. The number of halogens is 2. The molecule has 0 heterocycles. The zero-order chi connectivity index (χ0) is 18.5. The molecule has 25 heavy (non-hydrogen) atoms. The van der Waals surface area contributed by atoms with Gasteiger partial charge in [0.2, 0.25) is 11.5 Å². The van der Waals surface area contributed by atoms with Crippen molar-refractivity contribution in [3.63, 3.8) is 0 Å². The number of aryl methyl sites for hydroxylation is 1. The summed E-state index contributed by atoms with van der Waals surface area (Å²) in [4.78, 5) is 12.5. The van der Waals surface area contributed by atoms with Crippen LogP contribution in [-0.2, 0) is 9.53 Å². The number of alkyl halides is 2. The van der Waals surface area contributed by atoms with Crippen molar-refractivity contribution in [1.29, 1.82) is 0 Å². The molecule has 2 saturated carbocycles. The second kappa shape index (κ2) is 5.96.